The second-order valence-electron chi connectivity index (χ2n) is 6.15. The molecule has 1 saturated heterocycles. The lowest BCUT2D eigenvalue weighted by molar-refractivity contribution is -0.117. The van der Waals surface area contributed by atoms with E-state index in [1.54, 1.807) is 18.2 Å². The Hall–Kier alpha value is -1.26. The molecule has 0 bridgehead atoms. The third-order valence-corrected chi connectivity index (χ3v) is 5.00. The third kappa shape index (κ3) is 3.33. The number of likely N-dealkylation sites (tertiary alicyclic amines) is 1. The zero-order chi connectivity index (χ0) is 14.8. The van der Waals surface area contributed by atoms with Crippen LogP contribution in [0.15, 0.2) is 18.2 Å². The number of hydrogen-bond acceptors (Lipinski definition) is 3. The van der Waals surface area contributed by atoms with Gasteiger partial charge in [0.25, 0.3) is 0 Å². The number of rotatable bonds is 3. The van der Waals surface area contributed by atoms with Crippen LogP contribution < -0.4 is 11.1 Å². The van der Waals surface area contributed by atoms with E-state index >= 15 is 0 Å². The first kappa shape index (κ1) is 14.7. The van der Waals surface area contributed by atoms with E-state index in [0.717, 1.165) is 12.5 Å². The van der Waals surface area contributed by atoms with E-state index in [-0.39, 0.29) is 5.91 Å². The van der Waals surface area contributed by atoms with Crippen LogP contribution in [-0.2, 0) is 4.79 Å². The minimum Gasteiger partial charge on any atom is -0.397 e. The van der Waals surface area contributed by atoms with Crippen molar-refractivity contribution in [3.05, 3.63) is 23.2 Å². The highest BCUT2D eigenvalue weighted by Crippen LogP contribution is 2.35. The standard InChI is InChI=1S/C16H22ClN3O/c17-12-5-6-13(18)14(9-12)19-16(21)10-20-8-7-11-3-1-2-4-15(11)20/h5-6,9,11,15H,1-4,7-8,10,18H2,(H,19,21). The van der Waals surface area contributed by atoms with Crippen molar-refractivity contribution in [3.63, 3.8) is 0 Å². The Morgan fingerprint density at radius 2 is 2.14 bits per heavy atom. The molecule has 2 unspecified atom stereocenters. The van der Waals surface area contributed by atoms with Crippen LogP contribution in [0.3, 0.4) is 0 Å². The maximum atomic E-state index is 12.3. The van der Waals surface area contributed by atoms with Crippen LogP contribution in [0.2, 0.25) is 5.02 Å². The zero-order valence-electron chi connectivity index (χ0n) is 12.1. The number of halogens is 1. The molecule has 114 valence electrons. The van der Waals surface area contributed by atoms with Crippen molar-refractivity contribution >= 4 is 28.9 Å². The summed E-state index contributed by atoms with van der Waals surface area (Å²) in [6.45, 7) is 1.49. The van der Waals surface area contributed by atoms with Crippen molar-refractivity contribution in [2.75, 3.05) is 24.1 Å². The molecule has 2 fully saturated rings. The molecule has 1 aliphatic carbocycles. The van der Waals surface area contributed by atoms with Gasteiger partial charge in [-0.1, -0.05) is 24.4 Å². The van der Waals surface area contributed by atoms with Gasteiger partial charge in [0.2, 0.25) is 5.91 Å². The summed E-state index contributed by atoms with van der Waals surface area (Å²) in [5, 5.41) is 3.46. The Labute approximate surface area is 130 Å². The summed E-state index contributed by atoms with van der Waals surface area (Å²) < 4.78 is 0. The smallest absolute Gasteiger partial charge is 0.238 e. The lowest BCUT2D eigenvalue weighted by Gasteiger charge is -2.31. The van der Waals surface area contributed by atoms with Gasteiger partial charge in [-0.2, -0.15) is 0 Å². The summed E-state index contributed by atoms with van der Waals surface area (Å²) >= 11 is 5.94. The highest BCUT2D eigenvalue weighted by Gasteiger charge is 2.36. The van der Waals surface area contributed by atoms with Crippen molar-refractivity contribution in [2.24, 2.45) is 5.92 Å². The lowest BCUT2D eigenvalue weighted by Crippen LogP contribution is -2.39. The second kappa shape index (κ2) is 6.24. The predicted octanol–water partition coefficient (Wildman–Crippen LogP) is 3.13. The Morgan fingerprint density at radius 3 is 3.00 bits per heavy atom. The normalized spacial score (nSPS) is 25.6. The molecule has 1 saturated carbocycles. The number of fused-ring (bicyclic) bond motifs is 1. The van der Waals surface area contributed by atoms with Gasteiger partial charge in [0.05, 0.1) is 17.9 Å². The average molecular weight is 308 g/mol. The molecule has 1 aromatic carbocycles. The molecule has 5 heteroatoms. The maximum Gasteiger partial charge on any atom is 0.238 e. The summed E-state index contributed by atoms with van der Waals surface area (Å²) in [6, 6.07) is 5.73. The summed E-state index contributed by atoms with van der Waals surface area (Å²) in [7, 11) is 0. The van der Waals surface area contributed by atoms with E-state index in [2.05, 4.69) is 10.2 Å². The van der Waals surface area contributed by atoms with E-state index in [9.17, 15) is 4.79 Å². The highest BCUT2D eigenvalue weighted by molar-refractivity contribution is 6.31. The average Bonchev–Trinajstić information content (AvgIpc) is 2.86. The number of anilines is 2. The van der Waals surface area contributed by atoms with Gasteiger partial charge in [-0.25, -0.2) is 0 Å². The first-order chi connectivity index (χ1) is 10.1. The predicted molar refractivity (Wildman–Crippen MR) is 86.4 cm³/mol. The molecule has 1 aromatic rings. The van der Waals surface area contributed by atoms with Crippen LogP contribution in [0.4, 0.5) is 11.4 Å². The van der Waals surface area contributed by atoms with Crippen molar-refractivity contribution in [2.45, 2.75) is 38.1 Å². The van der Waals surface area contributed by atoms with Crippen LogP contribution in [0, 0.1) is 5.92 Å². The summed E-state index contributed by atoms with van der Waals surface area (Å²) in [6.07, 6.45) is 6.43. The molecule has 2 atom stereocenters. The van der Waals surface area contributed by atoms with Gasteiger partial charge in [-0.05, 0) is 49.9 Å². The van der Waals surface area contributed by atoms with Crippen LogP contribution in [0.5, 0.6) is 0 Å². The first-order valence-electron chi connectivity index (χ1n) is 7.72. The summed E-state index contributed by atoms with van der Waals surface area (Å²) in [4.78, 5) is 14.6. The molecule has 3 rings (SSSR count). The number of carbonyl (C=O) groups is 1. The topological polar surface area (TPSA) is 58.4 Å². The van der Waals surface area contributed by atoms with Gasteiger partial charge in [-0.15, -0.1) is 0 Å². The largest absolute Gasteiger partial charge is 0.397 e. The fraction of sp³-hybridized carbons (Fsp3) is 0.562. The van der Waals surface area contributed by atoms with Gasteiger partial charge in [-0.3, -0.25) is 9.69 Å². The number of hydrogen-bond donors (Lipinski definition) is 2. The molecular weight excluding hydrogens is 286 g/mol. The van der Waals surface area contributed by atoms with Crippen LogP contribution in [0.1, 0.15) is 32.1 Å². The van der Waals surface area contributed by atoms with Gasteiger partial charge in [0, 0.05) is 11.1 Å². The fourth-order valence-corrected chi connectivity index (χ4v) is 3.88. The Morgan fingerprint density at radius 1 is 1.33 bits per heavy atom. The van der Waals surface area contributed by atoms with Gasteiger partial charge in [0.15, 0.2) is 0 Å². The lowest BCUT2D eigenvalue weighted by atomic mass is 9.85. The molecule has 0 radical (unpaired) electrons. The number of nitrogens with one attached hydrogen (secondary N) is 1. The number of nitrogens with zero attached hydrogens (tertiary/aromatic N) is 1. The zero-order valence-corrected chi connectivity index (χ0v) is 12.9. The van der Waals surface area contributed by atoms with E-state index in [4.69, 9.17) is 17.3 Å². The van der Waals surface area contributed by atoms with Crippen molar-refractivity contribution < 1.29 is 4.79 Å². The molecule has 21 heavy (non-hydrogen) atoms. The fourth-order valence-electron chi connectivity index (χ4n) is 3.71. The van der Waals surface area contributed by atoms with E-state index < -0.39 is 0 Å². The minimum atomic E-state index is -0.00445. The number of nitrogen functional groups attached to an aromatic ring is 1. The van der Waals surface area contributed by atoms with Crippen molar-refractivity contribution in [3.8, 4) is 0 Å². The Balaban J connectivity index is 1.60. The van der Waals surface area contributed by atoms with Gasteiger partial charge < -0.3 is 11.1 Å². The van der Waals surface area contributed by atoms with Gasteiger partial charge in [0.1, 0.15) is 0 Å². The van der Waals surface area contributed by atoms with Crippen LogP contribution in [-0.4, -0.2) is 29.9 Å². The van der Waals surface area contributed by atoms with Crippen molar-refractivity contribution in [1.82, 2.24) is 4.90 Å². The van der Waals surface area contributed by atoms with Crippen molar-refractivity contribution in [1.29, 1.82) is 0 Å². The minimum absolute atomic E-state index is 0.00445. The second-order valence-corrected chi connectivity index (χ2v) is 6.59. The molecule has 1 aliphatic heterocycles. The molecule has 0 aromatic heterocycles. The monoisotopic (exact) mass is 307 g/mol. The van der Waals surface area contributed by atoms with E-state index in [1.165, 1.54) is 32.1 Å². The summed E-state index contributed by atoms with van der Waals surface area (Å²) in [5.41, 5.74) is 7.01. The molecule has 1 heterocycles. The SMILES string of the molecule is Nc1ccc(Cl)cc1NC(=O)CN1CCC2CCCCC21. The number of nitrogens with two attached hydrogens (primary N) is 1. The number of benzene rings is 1. The summed E-state index contributed by atoms with van der Waals surface area (Å²) in [5.74, 6) is 0.790. The quantitative estimate of drug-likeness (QED) is 0.844. The molecule has 1 amide bonds. The number of amides is 1. The maximum absolute atomic E-state index is 12.3. The number of carbonyl (C=O) groups excluding carboxylic acids is 1. The Bertz CT molecular complexity index is 534. The van der Waals surface area contributed by atoms with E-state index in [0.29, 0.717) is 29.0 Å². The van der Waals surface area contributed by atoms with Gasteiger partial charge >= 0.3 is 0 Å². The molecule has 2 aliphatic rings. The van der Waals surface area contributed by atoms with Crippen LogP contribution in [0.25, 0.3) is 0 Å². The third-order valence-electron chi connectivity index (χ3n) is 4.76. The molecule has 3 N–H and O–H groups in total. The van der Waals surface area contributed by atoms with E-state index in [1.807, 2.05) is 0 Å². The molecule has 4 nitrogen and oxygen atoms in total. The highest BCUT2D eigenvalue weighted by atomic mass is 35.5. The molecule has 0 spiro atoms. The Kier molecular flexibility index (Phi) is 4.36. The van der Waals surface area contributed by atoms with Crippen LogP contribution >= 0.6 is 11.6 Å². The first-order valence-corrected chi connectivity index (χ1v) is 8.10. The molecular formula is C16H22ClN3O.